The Balaban J connectivity index is 1.88. The van der Waals surface area contributed by atoms with Gasteiger partial charge in [-0.2, -0.15) is 0 Å². The average Bonchev–Trinajstić information content (AvgIpc) is 3.04. The largest absolute Gasteiger partial charge is 0.493 e. The van der Waals surface area contributed by atoms with Crippen molar-refractivity contribution < 1.29 is 19.0 Å². The normalized spacial score (nSPS) is 14.8. The number of halogens is 2. The summed E-state index contributed by atoms with van der Waals surface area (Å²) in [5, 5.41) is 0.408. The summed E-state index contributed by atoms with van der Waals surface area (Å²) in [6.07, 6.45) is 3.55. The quantitative estimate of drug-likeness (QED) is 0.302. The molecule has 0 bridgehead atoms. The number of hydrogen-bond donors (Lipinski definition) is 0. The molecule has 0 saturated carbocycles. The lowest BCUT2D eigenvalue weighted by atomic mass is 10.1. The summed E-state index contributed by atoms with van der Waals surface area (Å²) in [7, 11) is 1.54. The third-order valence-electron chi connectivity index (χ3n) is 4.01. The van der Waals surface area contributed by atoms with E-state index in [-0.39, 0.29) is 11.6 Å². The van der Waals surface area contributed by atoms with Gasteiger partial charge in [-0.3, -0.25) is 0 Å². The standard InChI is InChI=1S/C21H19BrClNO4/c1-3-4-9-27-19-16(23)10-13(12-18(19)26-2)11-17-21(25)28-20(24-17)14-5-7-15(22)8-6-14/h5-8,10-12H,3-4,9H2,1-2H3/b17-11-. The van der Waals surface area contributed by atoms with Crippen LogP contribution in [0.2, 0.25) is 5.02 Å². The molecule has 3 rings (SSSR count). The molecule has 1 aliphatic rings. The zero-order valence-electron chi connectivity index (χ0n) is 15.5. The van der Waals surface area contributed by atoms with Gasteiger partial charge in [-0.15, -0.1) is 0 Å². The van der Waals surface area contributed by atoms with Gasteiger partial charge < -0.3 is 14.2 Å². The van der Waals surface area contributed by atoms with Crippen molar-refractivity contribution in [3.63, 3.8) is 0 Å². The van der Waals surface area contributed by atoms with E-state index >= 15 is 0 Å². The molecule has 5 nitrogen and oxygen atoms in total. The van der Waals surface area contributed by atoms with E-state index in [0.717, 1.165) is 22.9 Å². The third-order valence-corrected chi connectivity index (χ3v) is 4.82. The number of rotatable bonds is 7. The molecule has 0 aliphatic carbocycles. The highest BCUT2D eigenvalue weighted by atomic mass is 79.9. The predicted molar refractivity (Wildman–Crippen MR) is 113 cm³/mol. The summed E-state index contributed by atoms with van der Waals surface area (Å²) in [5.74, 6) is 0.740. The molecule has 1 aliphatic heterocycles. The van der Waals surface area contributed by atoms with Crippen molar-refractivity contribution in [1.29, 1.82) is 0 Å². The van der Waals surface area contributed by atoms with Crippen LogP contribution in [0.3, 0.4) is 0 Å². The van der Waals surface area contributed by atoms with E-state index in [1.807, 2.05) is 24.3 Å². The van der Waals surface area contributed by atoms with Crippen LogP contribution in [-0.4, -0.2) is 25.6 Å². The maximum Gasteiger partial charge on any atom is 0.363 e. The highest BCUT2D eigenvalue weighted by molar-refractivity contribution is 9.10. The van der Waals surface area contributed by atoms with Gasteiger partial charge in [0, 0.05) is 10.0 Å². The molecule has 0 atom stereocenters. The van der Waals surface area contributed by atoms with Crippen molar-refractivity contribution >= 4 is 45.5 Å². The molecule has 2 aromatic rings. The van der Waals surface area contributed by atoms with Crippen LogP contribution in [0, 0.1) is 0 Å². The first-order chi connectivity index (χ1) is 13.5. The van der Waals surface area contributed by atoms with Gasteiger partial charge in [-0.05, 0) is 54.5 Å². The van der Waals surface area contributed by atoms with Gasteiger partial charge in [-0.1, -0.05) is 40.9 Å². The molecule has 1 heterocycles. The molecular weight excluding hydrogens is 446 g/mol. The Hall–Kier alpha value is -2.31. The van der Waals surface area contributed by atoms with Crippen molar-refractivity contribution in [3.8, 4) is 11.5 Å². The molecule has 28 heavy (non-hydrogen) atoms. The van der Waals surface area contributed by atoms with Crippen molar-refractivity contribution in [2.45, 2.75) is 19.8 Å². The maximum absolute atomic E-state index is 12.2. The molecule has 0 aromatic heterocycles. The lowest BCUT2D eigenvalue weighted by molar-refractivity contribution is -0.129. The Morgan fingerprint density at radius 3 is 2.68 bits per heavy atom. The van der Waals surface area contributed by atoms with Crippen molar-refractivity contribution in [2.75, 3.05) is 13.7 Å². The van der Waals surface area contributed by atoms with Crippen LogP contribution in [0.5, 0.6) is 11.5 Å². The van der Waals surface area contributed by atoms with E-state index in [1.54, 1.807) is 25.3 Å². The van der Waals surface area contributed by atoms with E-state index in [9.17, 15) is 4.79 Å². The second-order valence-corrected chi connectivity index (χ2v) is 7.40. The molecule has 0 fully saturated rings. The molecule has 0 amide bonds. The summed E-state index contributed by atoms with van der Waals surface area (Å²) in [4.78, 5) is 16.5. The second-order valence-electron chi connectivity index (χ2n) is 6.08. The number of carbonyl (C=O) groups excluding carboxylic acids is 1. The molecule has 0 saturated heterocycles. The number of benzene rings is 2. The summed E-state index contributed by atoms with van der Waals surface area (Å²) in [6.45, 7) is 2.64. The molecule has 0 spiro atoms. The third kappa shape index (κ3) is 4.75. The first-order valence-electron chi connectivity index (χ1n) is 8.80. The topological polar surface area (TPSA) is 57.1 Å². The maximum atomic E-state index is 12.2. The fourth-order valence-electron chi connectivity index (χ4n) is 2.56. The molecule has 0 unspecified atom stereocenters. The molecular formula is C21H19BrClNO4. The van der Waals surface area contributed by atoms with Crippen LogP contribution in [0.25, 0.3) is 6.08 Å². The number of ether oxygens (including phenoxy) is 3. The minimum Gasteiger partial charge on any atom is -0.493 e. The van der Waals surface area contributed by atoms with Gasteiger partial charge in [-0.25, -0.2) is 9.79 Å². The predicted octanol–water partition coefficient (Wildman–Crippen LogP) is 5.63. The zero-order valence-corrected chi connectivity index (χ0v) is 17.8. The molecule has 0 radical (unpaired) electrons. The van der Waals surface area contributed by atoms with Gasteiger partial charge >= 0.3 is 5.97 Å². The summed E-state index contributed by atoms with van der Waals surface area (Å²) >= 11 is 9.74. The van der Waals surface area contributed by atoms with E-state index < -0.39 is 5.97 Å². The minimum atomic E-state index is -0.517. The van der Waals surface area contributed by atoms with E-state index in [4.69, 9.17) is 25.8 Å². The van der Waals surface area contributed by atoms with Gasteiger partial charge in [0.15, 0.2) is 17.2 Å². The van der Waals surface area contributed by atoms with Gasteiger partial charge in [0.2, 0.25) is 5.90 Å². The van der Waals surface area contributed by atoms with Crippen LogP contribution < -0.4 is 9.47 Å². The highest BCUT2D eigenvalue weighted by Gasteiger charge is 2.24. The molecule has 2 aromatic carbocycles. The molecule has 0 N–H and O–H groups in total. The monoisotopic (exact) mass is 463 g/mol. The van der Waals surface area contributed by atoms with E-state index in [2.05, 4.69) is 27.8 Å². The smallest absolute Gasteiger partial charge is 0.363 e. The number of cyclic esters (lactones) is 1. The van der Waals surface area contributed by atoms with Crippen molar-refractivity contribution in [3.05, 3.63) is 62.7 Å². The van der Waals surface area contributed by atoms with Crippen LogP contribution >= 0.6 is 27.5 Å². The number of aliphatic imine (C=N–C) groups is 1. The zero-order chi connectivity index (χ0) is 20.1. The molecule has 146 valence electrons. The Morgan fingerprint density at radius 2 is 2.00 bits per heavy atom. The number of hydrogen-bond acceptors (Lipinski definition) is 5. The van der Waals surface area contributed by atoms with Gasteiger partial charge in [0.25, 0.3) is 0 Å². The average molecular weight is 465 g/mol. The fraction of sp³-hybridized carbons (Fsp3) is 0.238. The van der Waals surface area contributed by atoms with E-state index in [1.165, 1.54) is 0 Å². The second kappa shape index (κ2) is 9.26. The Kier molecular flexibility index (Phi) is 6.75. The summed E-state index contributed by atoms with van der Waals surface area (Å²) in [5.41, 5.74) is 1.57. The Labute approximate surface area is 177 Å². The minimum absolute atomic E-state index is 0.190. The van der Waals surface area contributed by atoms with Gasteiger partial charge in [0.05, 0.1) is 18.7 Å². The van der Waals surface area contributed by atoms with Crippen LogP contribution in [0.4, 0.5) is 0 Å². The SMILES string of the molecule is CCCCOc1c(Cl)cc(/C=C2\N=C(c3ccc(Br)cc3)OC2=O)cc1OC. The van der Waals surface area contributed by atoms with E-state index in [0.29, 0.717) is 28.7 Å². The Bertz CT molecular complexity index is 938. The first kappa shape index (κ1) is 20.4. The van der Waals surface area contributed by atoms with Crippen molar-refractivity contribution in [2.24, 2.45) is 4.99 Å². The van der Waals surface area contributed by atoms with Gasteiger partial charge in [0.1, 0.15) is 0 Å². The fourth-order valence-corrected chi connectivity index (χ4v) is 3.10. The summed E-state index contributed by atoms with van der Waals surface area (Å²) < 4.78 is 17.3. The number of nitrogens with zero attached hydrogens (tertiary/aromatic N) is 1. The Morgan fingerprint density at radius 1 is 1.25 bits per heavy atom. The van der Waals surface area contributed by atoms with Crippen LogP contribution in [0.1, 0.15) is 30.9 Å². The number of methoxy groups -OCH3 is 1. The number of esters is 1. The first-order valence-corrected chi connectivity index (χ1v) is 9.97. The van der Waals surface area contributed by atoms with Crippen LogP contribution in [-0.2, 0) is 9.53 Å². The van der Waals surface area contributed by atoms with Crippen molar-refractivity contribution in [1.82, 2.24) is 0 Å². The highest BCUT2D eigenvalue weighted by Crippen LogP contribution is 2.37. The molecule has 7 heteroatoms. The van der Waals surface area contributed by atoms with Crippen LogP contribution in [0.15, 0.2) is 51.6 Å². The number of carbonyl (C=O) groups is 1. The number of unbranched alkanes of at least 4 members (excludes halogenated alkanes) is 1. The lowest BCUT2D eigenvalue weighted by Crippen LogP contribution is -2.05. The lowest BCUT2D eigenvalue weighted by Gasteiger charge is -2.13. The summed E-state index contributed by atoms with van der Waals surface area (Å²) in [6, 6.07) is 10.8.